The molecule has 0 spiro atoms. The Bertz CT molecular complexity index is 1310. The molecule has 0 aromatic heterocycles. The largest absolute Gasteiger partial charge is 0.453 e. The second-order valence-electron chi connectivity index (χ2n) is 9.76. The Labute approximate surface area is 225 Å². The van der Waals surface area contributed by atoms with Crippen LogP contribution in [0, 0.1) is 0 Å². The molecule has 0 radical (unpaired) electrons. The molecule has 0 unspecified atom stereocenters. The molecule has 1 heterocycles. The SMILES string of the molecule is CC1(C)O[C@@H]2[C@@H](OC(=O)c3ccccc3)[C@@H](OC(=O)c3ccccc3)[C@@H](O)[C@H](OC(=O)c3ccccc3)[C@H]2O1. The lowest BCUT2D eigenvalue weighted by atomic mass is 9.84. The van der Waals surface area contributed by atoms with E-state index < -0.39 is 60.3 Å². The molecular formula is C30H28O9. The van der Waals surface area contributed by atoms with Crippen LogP contribution < -0.4 is 0 Å². The first-order valence-corrected chi connectivity index (χ1v) is 12.6. The first kappa shape index (κ1) is 26.6. The van der Waals surface area contributed by atoms with Crippen molar-refractivity contribution in [3.05, 3.63) is 108 Å². The van der Waals surface area contributed by atoms with Gasteiger partial charge in [0, 0.05) is 0 Å². The molecule has 3 aromatic carbocycles. The summed E-state index contributed by atoms with van der Waals surface area (Å²) in [6, 6.07) is 24.7. The molecule has 1 aliphatic heterocycles. The number of hydrogen-bond acceptors (Lipinski definition) is 9. The fraction of sp³-hybridized carbons (Fsp3) is 0.300. The van der Waals surface area contributed by atoms with Crippen LogP contribution in [0.5, 0.6) is 0 Å². The summed E-state index contributed by atoms with van der Waals surface area (Å²) >= 11 is 0. The highest BCUT2D eigenvalue weighted by Gasteiger charge is 2.62. The summed E-state index contributed by atoms with van der Waals surface area (Å²) in [5.74, 6) is -3.35. The zero-order valence-corrected chi connectivity index (χ0v) is 21.3. The predicted molar refractivity (Wildman–Crippen MR) is 137 cm³/mol. The molecule has 6 atom stereocenters. The van der Waals surface area contributed by atoms with Crippen LogP contribution in [-0.4, -0.2) is 65.4 Å². The Morgan fingerprint density at radius 3 is 1.33 bits per heavy atom. The number of aliphatic hydroxyl groups excluding tert-OH is 1. The van der Waals surface area contributed by atoms with Crippen molar-refractivity contribution in [1.82, 2.24) is 0 Å². The summed E-state index contributed by atoms with van der Waals surface area (Å²) < 4.78 is 29.4. The van der Waals surface area contributed by atoms with Gasteiger partial charge in [0.1, 0.15) is 18.3 Å². The Hall–Kier alpha value is -4.05. The number of benzene rings is 3. The van der Waals surface area contributed by atoms with Gasteiger partial charge in [-0.05, 0) is 50.2 Å². The zero-order valence-electron chi connectivity index (χ0n) is 21.3. The molecular weight excluding hydrogens is 504 g/mol. The van der Waals surface area contributed by atoms with Gasteiger partial charge in [0.15, 0.2) is 24.1 Å². The normalized spacial score (nSPS) is 27.2. The van der Waals surface area contributed by atoms with Crippen molar-refractivity contribution in [2.24, 2.45) is 0 Å². The average Bonchev–Trinajstić information content (AvgIpc) is 3.28. The lowest BCUT2D eigenvalue weighted by Crippen LogP contribution is -2.65. The van der Waals surface area contributed by atoms with Crippen LogP contribution >= 0.6 is 0 Å². The molecule has 9 heteroatoms. The van der Waals surface area contributed by atoms with Gasteiger partial charge >= 0.3 is 17.9 Å². The third kappa shape index (κ3) is 5.70. The van der Waals surface area contributed by atoms with Crippen LogP contribution in [-0.2, 0) is 23.7 Å². The number of rotatable bonds is 6. The minimum atomic E-state index is -1.61. The molecule has 5 rings (SSSR count). The number of fused-ring (bicyclic) bond motifs is 1. The van der Waals surface area contributed by atoms with Gasteiger partial charge < -0.3 is 28.8 Å². The molecule has 3 aromatic rings. The minimum absolute atomic E-state index is 0.224. The molecule has 0 amide bonds. The van der Waals surface area contributed by atoms with E-state index >= 15 is 0 Å². The fourth-order valence-corrected chi connectivity index (χ4v) is 4.79. The number of carbonyl (C=O) groups is 3. The summed E-state index contributed by atoms with van der Waals surface area (Å²) in [6.45, 7) is 3.30. The number of hydrogen-bond donors (Lipinski definition) is 1. The standard InChI is InChI=1S/C30H28O9/c1-30(2)38-25-23(36-28(33)19-14-8-4-9-15-19)21(31)22(35-27(32)18-12-6-3-7-13-18)24(26(25)39-30)37-29(34)20-16-10-5-11-17-20/h3-17,21-26,31H,1-2H3/t21-,22+,23+,24+,25-,26-/m1/s1. The van der Waals surface area contributed by atoms with E-state index in [2.05, 4.69) is 0 Å². The van der Waals surface area contributed by atoms with E-state index in [4.69, 9.17) is 23.7 Å². The molecule has 9 nitrogen and oxygen atoms in total. The van der Waals surface area contributed by atoms with Crippen molar-refractivity contribution in [2.75, 3.05) is 0 Å². The average molecular weight is 533 g/mol. The van der Waals surface area contributed by atoms with Crippen LogP contribution in [0.4, 0.5) is 0 Å². The van der Waals surface area contributed by atoms with E-state index in [1.807, 2.05) is 0 Å². The van der Waals surface area contributed by atoms with Crippen molar-refractivity contribution >= 4 is 17.9 Å². The van der Waals surface area contributed by atoms with E-state index in [1.165, 1.54) is 0 Å². The highest BCUT2D eigenvalue weighted by molar-refractivity contribution is 5.91. The first-order valence-electron chi connectivity index (χ1n) is 12.6. The molecule has 1 saturated heterocycles. The van der Waals surface area contributed by atoms with Crippen LogP contribution in [0.2, 0.25) is 0 Å². The number of esters is 3. The van der Waals surface area contributed by atoms with Gasteiger partial charge in [-0.3, -0.25) is 0 Å². The van der Waals surface area contributed by atoms with E-state index in [-0.39, 0.29) is 16.7 Å². The van der Waals surface area contributed by atoms with Crippen molar-refractivity contribution in [2.45, 2.75) is 56.3 Å². The Morgan fingerprint density at radius 1 is 0.590 bits per heavy atom. The van der Waals surface area contributed by atoms with Gasteiger partial charge in [-0.2, -0.15) is 0 Å². The van der Waals surface area contributed by atoms with Gasteiger partial charge in [0.2, 0.25) is 0 Å². The van der Waals surface area contributed by atoms with Crippen LogP contribution in [0.1, 0.15) is 44.9 Å². The highest BCUT2D eigenvalue weighted by Crippen LogP contribution is 2.41. The maximum Gasteiger partial charge on any atom is 0.338 e. The Balaban J connectivity index is 1.49. The fourth-order valence-electron chi connectivity index (χ4n) is 4.79. The Morgan fingerprint density at radius 2 is 0.923 bits per heavy atom. The van der Waals surface area contributed by atoms with Crippen LogP contribution in [0.3, 0.4) is 0 Å². The topological polar surface area (TPSA) is 118 Å². The minimum Gasteiger partial charge on any atom is -0.453 e. The Kier molecular flexibility index (Phi) is 7.47. The highest BCUT2D eigenvalue weighted by atomic mass is 16.8. The molecule has 202 valence electrons. The number of aliphatic hydroxyl groups is 1. The first-order chi connectivity index (χ1) is 18.7. The predicted octanol–water partition coefficient (Wildman–Crippen LogP) is 3.56. The van der Waals surface area contributed by atoms with Gasteiger partial charge in [-0.25, -0.2) is 14.4 Å². The summed E-state index contributed by atoms with van der Waals surface area (Å²) in [4.78, 5) is 39.1. The maximum atomic E-state index is 13.1. The quantitative estimate of drug-likeness (QED) is 0.376. The maximum absolute atomic E-state index is 13.1. The van der Waals surface area contributed by atoms with Crippen molar-refractivity contribution in [3.8, 4) is 0 Å². The second kappa shape index (κ2) is 11.0. The van der Waals surface area contributed by atoms with Crippen molar-refractivity contribution in [3.63, 3.8) is 0 Å². The van der Waals surface area contributed by atoms with E-state index in [9.17, 15) is 19.5 Å². The molecule has 2 fully saturated rings. The molecule has 1 saturated carbocycles. The molecule has 0 bridgehead atoms. The molecule has 1 aliphatic carbocycles. The smallest absolute Gasteiger partial charge is 0.338 e. The molecule has 1 N–H and O–H groups in total. The number of carbonyl (C=O) groups excluding carboxylic acids is 3. The lowest BCUT2D eigenvalue weighted by molar-refractivity contribution is -0.194. The van der Waals surface area contributed by atoms with Crippen molar-refractivity contribution < 1.29 is 43.2 Å². The third-order valence-corrected chi connectivity index (χ3v) is 6.57. The van der Waals surface area contributed by atoms with E-state index in [0.29, 0.717) is 0 Å². The van der Waals surface area contributed by atoms with Gasteiger partial charge in [-0.1, -0.05) is 54.6 Å². The lowest BCUT2D eigenvalue weighted by Gasteiger charge is -2.43. The van der Waals surface area contributed by atoms with Crippen LogP contribution in [0.15, 0.2) is 91.0 Å². The summed E-state index contributed by atoms with van der Waals surface area (Å²) in [5, 5.41) is 11.5. The van der Waals surface area contributed by atoms with Crippen LogP contribution in [0.25, 0.3) is 0 Å². The van der Waals surface area contributed by atoms with Gasteiger partial charge in [0.25, 0.3) is 0 Å². The molecule has 2 aliphatic rings. The van der Waals surface area contributed by atoms with Gasteiger partial charge in [0.05, 0.1) is 16.7 Å². The summed E-state index contributed by atoms with van der Waals surface area (Å²) in [6.07, 6.45) is -7.69. The monoisotopic (exact) mass is 532 g/mol. The summed E-state index contributed by atoms with van der Waals surface area (Å²) in [5.41, 5.74) is 0.740. The van der Waals surface area contributed by atoms with Gasteiger partial charge in [-0.15, -0.1) is 0 Å². The zero-order chi connectivity index (χ0) is 27.6. The summed E-state index contributed by atoms with van der Waals surface area (Å²) in [7, 11) is 0. The van der Waals surface area contributed by atoms with E-state index in [1.54, 1.807) is 105 Å². The third-order valence-electron chi connectivity index (χ3n) is 6.57. The van der Waals surface area contributed by atoms with Crippen molar-refractivity contribution in [1.29, 1.82) is 0 Å². The van der Waals surface area contributed by atoms with E-state index in [0.717, 1.165) is 0 Å². The number of ether oxygens (including phenoxy) is 5. The second-order valence-corrected chi connectivity index (χ2v) is 9.76. The molecule has 39 heavy (non-hydrogen) atoms.